The van der Waals surface area contributed by atoms with Crippen LogP contribution in [0.3, 0.4) is 0 Å². The molecule has 1 amide bonds. The first-order valence-corrected chi connectivity index (χ1v) is 5.66. The summed E-state index contributed by atoms with van der Waals surface area (Å²) in [4.78, 5) is 11.9. The molecule has 0 aromatic heterocycles. The Hall–Kier alpha value is -1.51. The lowest BCUT2D eigenvalue weighted by Gasteiger charge is -2.12. The van der Waals surface area contributed by atoms with E-state index in [4.69, 9.17) is 4.74 Å². The van der Waals surface area contributed by atoms with Crippen LogP contribution in [-0.2, 0) is 4.79 Å². The summed E-state index contributed by atoms with van der Waals surface area (Å²) in [7, 11) is 1.60. The highest BCUT2D eigenvalue weighted by atomic mass is 16.5. The maximum absolute atomic E-state index is 11.9. The van der Waals surface area contributed by atoms with Crippen LogP contribution in [0.2, 0.25) is 0 Å². The minimum atomic E-state index is 0.107. The standard InChI is InChI=1S/C13H16NO2/c1-16-12-9-5-4-8-11(12)14-13(15)10-6-2-3-7-10/h5,8-10H,2-3,6-7H2,1H3,(H,14,15). The van der Waals surface area contributed by atoms with E-state index in [1.807, 2.05) is 0 Å². The summed E-state index contributed by atoms with van der Waals surface area (Å²) in [5, 5.41) is 2.91. The van der Waals surface area contributed by atoms with Crippen LogP contribution in [0.4, 0.5) is 5.69 Å². The maximum Gasteiger partial charge on any atom is 0.227 e. The van der Waals surface area contributed by atoms with E-state index in [9.17, 15) is 4.79 Å². The first kappa shape index (κ1) is 11.0. The van der Waals surface area contributed by atoms with Gasteiger partial charge >= 0.3 is 0 Å². The second-order valence-electron chi connectivity index (χ2n) is 4.10. The van der Waals surface area contributed by atoms with Gasteiger partial charge in [0, 0.05) is 5.92 Å². The number of benzene rings is 1. The van der Waals surface area contributed by atoms with Gasteiger partial charge in [-0.3, -0.25) is 4.79 Å². The molecule has 1 aliphatic rings. The topological polar surface area (TPSA) is 38.3 Å². The van der Waals surface area contributed by atoms with Crippen LogP contribution in [0.25, 0.3) is 0 Å². The molecule has 1 aromatic rings. The van der Waals surface area contributed by atoms with E-state index in [1.54, 1.807) is 25.3 Å². The zero-order valence-electron chi connectivity index (χ0n) is 9.45. The number of hydrogen-bond donors (Lipinski definition) is 1. The molecule has 0 spiro atoms. The molecule has 16 heavy (non-hydrogen) atoms. The number of rotatable bonds is 3. The molecule has 0 unspecified atom stereocenters. The third kappa shape index (κ3) is 2.35. The average Bonchev–Trinajstić information content (AvgIpc) is 2.83. The Morgan fingerprint density at radius 3 is 2.94 bits per heavy atom. The van der Waals surface area contributed by atoms with Gasteiger partial charge in [-0.15, -0.1) is 0 Å². The lowest BCUT2D eigenvalue weighted by molar-refractivity contribution is -0.119. The molecule has 0 heterocycles. The van der Waals surface area contributed by atoms with E-state index in [0.29, 0.717) is 11.4 Å². The van der Waals surface area contributed by atoms with E-state index < -0.39 is 0 Å². The molecule has 1 radical (unpaired) electrons. The molecule has 0 aliphatic heterocycles. The molecule has 0 atom stereocenters. The first-order chi connectivity index (χ1) is 7.81. The molecule has 1 N–H and O–H groups in total. The number of nitrogens with one attached hydrogen (secondary N) is 1. The lowest BCUT2D eigenvalue weighted by Crippen LogP contribution is -2.20. The Morgan fingerprint density at radius 2 is 2.25 bits per heavy atom. The van der Waals surface area contributed by atoms with Crippen molar-refractivity contribution in [3.8, 4) is 5.75 Å². The summed E-state index contributed by atoms with van der Waals surface area (Å²) < 4.78 is 5.17. The smallest absolute Gasteiger partial charge is 0.227 e. The summed E-state index contributed by atoms with van der Waals surface area (Å²) in [6.07, 6.45) is 4.33. The number of carbonyl (C=O) groups excluding carboxylic acids is 1. The minimum Gasteiger partial charge on any atom is -0.495 e. The van der Waals surface area contributed by atoms with Gasteiger partial charge in [-0.1, -0.05) is 18.9 Å². The van der Waals surface area contributed by atoms with Gasteiger partial charge < -0.3 is 10.1 Å². The van der Waals surface area contributed by atoms with Crippen LogP contribution >= 0.6 is 0 Å². The molecule has 3 nitrogen and oxygen atoms in total. The van der Waals surface area contributed by atoms with Crippen LogP contribution in [0.5, 0.6) is 5.75 Å². The van der Waals surface area contributed by atoms with Gasteiger partial charge in [-0.05, 0) is 31.0 Å². The van der Waals surface area contributed by atoms with Crippen molar-refractivity contribution < 1.29 is 9.53 Å². The van der Waals surface area contributed by atoms with Gasteiger partial charge in [0.1, 0.15) is 5.75 Å². The van der Waals surface area contributed by atoms with Gasteiger partial charge in [-0.25, -0.2) is 0 Å². The lowest BCUT2D eigenvalue weighted by atomic mass is 10.1. The molecule has 85 valence electrons. The SMILES string of the molecule is COc1cc[c]cc1NC(=O)C1CCCC1. The number of anilines is 1. The van der Waals surface area contributed by atoms with E-state index in [1.165, 1.54) is 0 Å². The molecular formula is C13H16NO2. The normalized spacial score (nSPS) is 16.1. The fraction of sp³-hybridized carbons (Fsp3) is 0.462. The second kappa shape index (κ2) is 5.01. The summed E-state index contributed by atoms with van der Waals surface area (Å²) >= 11 is 0. The zero-order chi connectivity index (χ0) is 11.4. The predicted octanol–water partition coefficient (Wildman–Crippen LogP) is 2.62. The first-order valence-electron chi connectivity index (χ1n) is 5.66. The molecule has 1 fully saturated rings. The van der Waals surface area contributed by atoms with Crippen LogP contribution in [-0.4, -0.2) is 13.0 Å². The van der Waals surface area contributed by atoms with Gasteiger partial charge in [0.15, 0.2) is 0 Å². The van der Waals surface area contributed by atoms with Crippen molar-refractivity contribution in [2.45, 2.75) is 25.7 Å². The summed E-state index contributed by atoms with van der Waals surface area (Å²) in [6.45, 7) is 0. The van der Waals surface area contributed by atoms with E-state index in [0.717, 1.165) is 25.7 Å². The number of ether oxygens (including phenoxy) is 1. The Labute approximate surface area is 95.8 Å². The maximum atomic E-state index is 11.9. The van der Waals surface area contributed by atoms with Crippen molar-refractivity contribution in [3.05, 3.63) is 24.3 Å². The second-order valence-corrected chi connectivity index (χ2v) is 4.10. The third-order valence-corrected chi connectivity index (χ3v) is 3.03. The Bertz CT molecular complexity index is 370. The highest BCUT2D eigenvalue weighted by Crippen LogP contribution is 2.28. The Morgan fingerprint density at radius 1 is 1.50 bits per heavy atom. The average molecular weight is 218 g/mol. The summed E-state index contributed by atoms with van der Waals surface area (Å²) in [5.41, 5.74) is 0.710. The third-order valence-electron chi connectivity index (χ3n) is 3.03. The fourth-order valence-electron chi connectivity index (χ4n) is 2.11. The molecule has 0 saturated heterocycles. The summed E-state index contributed by atoms with van der Waals surface area (Å²) in [5.74, 6) is 0.963. The Balaban J connectivity index is 2.05. The van der Waals surface area contributed by atoms with Gasteiger partial charge in [0.25, 0.3) is 0 Å². The molecule has 0 bridgehead atoms. The molecule has 3 heteroatoms. The number of amides is 1. The van der Waals surface area contributed by atoms with Crippen molar-refractivity contribution >= 4 is 11.6 Å². The molecular weight excluding hydrogens is 202 g/mol. The van der Waals surface area contributed by atoms with Crippen LogP contribution in [0, 0.1) is 12.0 Å². The monoisotopic (exact) mass is 218 g/mol. The molecule has 1 aliphatic carbocycles. The van der Waals surface area contributed by atoms with Crippen LogP contribution in [0.15, 0.2) is 18.2 Å². The minimum absolute atomic E-state index is 0.107. The number of methoxy groups -OCH3 is 1. The Kier molecular flexibility index (Phi) is 3.44. The van der Waals surface area contributed by atoms with Gasteiger partial charge in [-0.2, -0.15) is 0 Å². The van der Waals surface area contributed by atoms with Crippen molar-refractivity contribution in [1.29, 1.82) is 0 Å². The van der Waals surface area contributed by atoms with E-state index >= 15 is 0 Å². The van der Waals surface area contributed by atoms with Gasteiger partial charge in [0.2, 0.25) is 5.91 Å². The fourth-order valence-corrected chi connectivity index (χ4v) is 2.11. The van der Waals surface area contributed by atoms with Crippen LogP contribution in [0.1, 0.15) is 25.7 Å². The highest BCUT2D eigenvalue weighted by molar-refractivity contribution is 5.94. The van der Waals surface area contributed by atoms with Crippen LogP contribution < -0.4 is 10.1 Å². The van der Waals surface area contributed by atoms with E-state index in [2.05, 4.69) is 11.4 Å². The summed E-state index contributed by atoms with van der Waals surface area (Å²) in [6, 6.07) is 8.24. The highest BCUT2D eigenvalue weighted by Gasteiger charge is 2.23. The largest absolute Gasteiger partial charge is 0.495 e. The quantitative estimate of drug-likeness (QED) is 0.847. The predicted molar refractivity (Wildman–Crippen MR) is 62.4 cm³/mol. The zero-order valence-corrected chi connectivity index (χ0v) is 9.45. The van der Waals surface area contributed by atoms with Crippen molar-refractivity contribution in [3.63, 3.8) is 0 Å². The van der Waals surface area contributed by atoms with Crippen molar-refractivity contribution in [2.75, 3.05) is 12.4 Å². The number of hydrogen-bond acceptors (Lipinski definition) is 2. The van der Waals surface area contributed by atoms with Crippen molar-refractivity contribution in [1.82, 2.24) is 0 Å². The molecule has 2 rings (SSSR count). The number of carbonyl (C=O) groups is 1. The van der Waals surface area contributed by atoms with Gasteiger partial charge in [0.05, 0.1) is 12.8 Å². The van der Waals surface area contributed by atoms with Crippen molar-refractivity contribution in [2.24, 2.45) is 5.92 Å². The van der Waals surface area contributed by atoms with E-state index in [-0.39, 0.29) is 11.8 Å². The molecule has 1 saturated carbocycles. The molecule has 1 aromatic carbocycles.